The van der Waals surface area contributed by atoms with Crippen molar-refractivity contribution < 1.29 is 9.53 Å². The molecule has 4 aromatic rings. The van der Waals surface area contributed by atoms with Crippen molar-refractivity contribution in [3.8, 4) is 11.3 Å². The second-order valence-electron chi connectivity index (χ2n) is 8.41. The molecule has 1 fully saturated rings. The number of nitrogens with zero attached hydrogens (tertiary/aromatic N) is 7. The highest BCUT2D eigenvalue weighted by Gasteiger charge is 2.29. The number of ether oxygens (including phenoxy) is 1. The van der Waals surface area contributed by atoms with Gasteiger partial charge in [-0.25, -0.2) is 4.98 Å². The smallest absolute Gasteiger partial charge is 0.254 e. The summed E-state index contributed by atoms with van der Waals surface area (Å²) in [5.74, 6) is 1.24. The van der Waals surface area contributed by atoms with Crippen molar-refractivity contribution in [2.24, 2.45) is 5.10 Å². The Kier molecular flexibility index (Phi) is 5.03. The van der Waals surface area contributed by atoms with Gasteiger partial charge in [-0.2, -0.15) is 19.7 Å². The zero-order valence-electron chi connectivity index (χ0n) is 18.8. The predicted octanol–water partition coefficient (Wildman–Crippen LogP) is 3.08. The first-order valence-electron chi connectivity index (χ1n) is 11.3. The monoisotopic (exact) mass is 453 g/mol. The van der Waals surface area contributed by atoms with E-state index in [1.807, 2.05) is 60.0 Å². The number of hydrogen-bond acceptors (Lipinski definition) is 7. The molecule has 0 unspecified atom stereocenters. The predicted molar refractivity (Wildman–Crippen MR) is 129 cm³/mol. The Morgan fingerprint density at radius 3 is 2.59 bits per heavy atom. The molecular formula is C25H23N7O2. The van der Waals surface area contributed by atoms with Gasteiger partial charge in [-0.1, -0.05) is 29.8 Å². The number of hydrazone groups is 1. The van der Waals surface area contributed by atoms with Crippen LogP contribution >= 0.6 is 0 Å². The first-order chi connectivity index (χ1) is 16.7. The Balaban J connectivity index is 1.46. The number of pyridine rings is 1. The number of fused-ring (bicyclic) bond motifs is 1. The Morgan fingerprint density at radius 1 is 0.971 bits per heavy atom. The van der Waals surface area contributed by atoms with Crippen LogP contribution in [0.1, 0.15) is 17.5 Å². The Bertz CT molecular complexity index is 1410. The number of morpholine rings is 1. The van der Waals surface area contributed by atoms with Gasteiger partial charge in [0, 0.05) is 43.2 Å². The van der Waals surface area contributed by atoms with Crippen molar-refractivity contribution in [3.05, 3.63) is 72.1 Å². The van der Waals surface area contributed by atoms with Crippen LogP contribution < -0.4 is 9.91 Å². The molecule has 0 radical (unpaired) electrons. The van der Waals surface area contributed by atoms with Crippen molar-refractivity contribution in [2.45, 2.75) is 13.3 Å². The van der Waals surface area contributed by atoms with E-state index in [2.05, 4.69) is 15.0 Å². The van der Waals surface area contributed by atoms with Gasteiger partial charge < -0.3 is 9.64 Å². The van der Waals surface area contributed by atoms with Crippen molar-refractivity contribution in [1.82, 2.24) is 19.6 Å². The van der Waals surface area contributed by atoms with Gasteiger partial charge in [0.1, 0.15) is 5.82 Å². The molecule has 1 amide bonds. The molecule has 0 aliphatic carbocycles. The fourth-order valence-corrected chi connectivity index (χ4v) is 4.33. The first kappa shape index (κ1) is 20.5. The molecule has 0 N–H and O–H groups in total. The summed E-state index contributed by atoms with van der Waals surface area (Å²) in [5.41, 5.74) is 5.22. The Labute approximate surface area is 196 Å². The summed E-state index contributed by atoms with van der Waals surface area (Å²) >= 11 is 0. The summed E-state index contributed by atoms with van der Waals surface area (Å²) in [6, 6.07) is 15.7. The standard InChI is InChI=1S/C25H23N7O2/c1-17-3-2-4-19(13-17)21-15-25(33)32(29-21)23-16-24(30-9-11-34-12-10-30)31-22(27-23)14-20(28-31)18-5-7-26-8-6-18/h2-8,13-14,16H,9-12,15H2,1H3. The van der Waals surface area contributed by atoms with Gasteiger partial charge in [-0.05, 0) is 24.6 Å². The number of aryl methyl sites for hydroxylation is 1. The molecule has 0 atom stereocenters. The second-order valence-corrected chi connectivity index (χ2v) is 8.41. The summed E-state index contributed by atoms with van der Waals surface area (Å²) in [6.07, 6.45) is 3.72. The zero-order valence-corrected chi connectivity index (χ0v) is 18.8. The largest absolute Gasteiger partial charge is 0.378 e. The van der Waals surface area contributed by atoms with E-state index in [0.29, 0.717) is 24.7 Å². The van der Waals surface area contributed by atoms with Crippen molar-refractivity contribution in [3.63, 3.8) is 0 Å². The maximum Gasteiger partial charge on any atom is 0.254 e. The Morgan fingerprint density at radius 2 is 1.79 bits per heavy atom. The third-order valence-electron chi connectivity index (χ3n) is 6.05. The maximum atomic E-state index is 13.0. The second kappa shape index (κ2) is 8.35. The number of carbonyl (C=O) groups excluding carboxylic acids is 1. The molecule has 3 aromatic heterocycles. The summed E-state index contributed by atoms with van der Waals surface area (Å²) in [4.78, 5) is 24.1. The lowest BCUT2D eigenvalue weighted by atomic mass is 10.1. The van der Waals surface area contributed by atoms with E-state index in [0.717, 1.165) is 47.0 Å². The molecule has 9 heteroatoms. The number of rotatable bonds is 4. The highest BCUT2D eigenvalue weighted by molar-refractivity contribution is 6.19. The van der Waals surface area contributed by atoms with Crippen LogP contribution in [0.25, 0.3) is 16.9 Å². The summed E-state index contributed by atoms with van der Waals surface area (Å²) in [5, 5.41) is 10.9. The molecule has 1 aromatic carbocycles. The van der Waals surface area contributed by atoms with Gasteiger partial charge in [0.25, 0.3) is 5.91 Å². The molecule has 2 aliphatic rings. The number of hydrogen-bond donors (Lipinski definition) is 0. The fourth-order valence-electron chi connectivity index (χ4n) is 4.33. The van der Waals surface area contributed by atoms with Gasteiger partial charge in [0.2, 0.25) is 0 Å². The van der Waals surface area contributed by atoms with Crippen LogP contribution in [0.4, 0.5) is 11.6 Å². The van der Waals surface area contributed by atoms with Gasteiger partial charge >= 0.3 is 0 Å². The quantitative estimate of drug-likeness (QED) is 0.472. The number of aromatic nitrogens is 4. The van der Waals surface area contributed by atoms with Gasteiger partial charge in [-0.15, -0.1) is 0 Å². The molecule has 0 spiro atoms. The van der Waals surface area contributed by atoms with Gasteiger partial charge in [-0.3, -0.25) is 9.78 Å². The van der Waals surface area contributed by atoms with E-state index >= 15 is 0 Å². The average molecular weight is 454 g/mol. The molecule has 2 aliphatic heterocycles. The highest BCUT2D eigenvalue weighted by atomic mass is 16.5. The fraction of sp³-hybridized carbons (Fsp3) is 0.240. The van der Waals surface area contributed by atoms with Crippen molar-refractivity contribution >= 4 is 28.9 Å². The van der Waals surface area contributed by atoms with Crippen LogP contribution in [0.5, 0.6) is 0 Å². The minimum Gasteiger partial charge on any atom is -0.378 e. The molecule has 9 nitrogen and oxygen atoms in total. The van der Waals surface area contributed by atoms with Crippen LogP contribution in [0.15, 0.2) is 66.0 Å². The van der Waals surface area contributed by atoms with E-state index in [-0.39, 0.29) is 12.3 Å². The maximum absolute atomic E-state index is 13.0. The first-order valence-corrected chi connectivity index (χ1v) is 11.3. The number of benzene rings is 1. The average Bonchev–Trinajstić information content (AvgIpc) is 3.48. The lowest BCUT2D eigenvalue weighted by Gasteiger charge is -2.29. The third-order valence-corrected chi connectivity index (χ3v) is 6.05. The number of carbonyl (C=O) groups is 1. The molecular weight excluding hydrogens is 430 g/mol. The van der Waals surface area contributed by atoms with E-state index in [1.54, 1.807) is 12.4 Å². The topological polar surface area (TPSA) is 88.2 Å². The number of amides is 1. The molecule has 0 bridgehead atoms. The molecule has 170 valence electrons. The molecule has 6 rings (SSSR count). The normalized spacial score (nSPS) is 16.4. The number of anilines is 2. The van der Waals surface area contributed by atoms with Crippen LogP contribution in [-0.4, -0.2) is 57.5 Å². The SMILES string of the molecule is Cc1cccc(C2=NN(c3cc(N4CCOCC4)n4nc(-c5ccncc5)cc4n3)C(=O)C2)c1. The summed E-state index contributed by atoms with van der Waals surface area (Å²) in [7, 11) is 0. The summed E-state index contributed by atoms with van der Waals surface area (Å²) < 4.78 is 7.38. The van der Waals surface area contributed by atoms with E-state index in [1.165, 1.54) is 5.01 Å². The summed E-state index contributed by atoms with van der Waals surface area (Å²) in [6.45, 7) is 4.76. The molecule has 0 saturated carbocycles. The highest BCUT2D eigenvalue weighted by Crippen LogP contribution is 2.29. The van der Waals surface area contributed by atoms with Crippen LogP contribution in [0.3, 0.4) is 0 Å². The van der Waals surface area contributed by atoms with Crippen LogP contribution in [-0.2, 0) is 9.53 Å². The molecule has 34 heavy (non-hydrogen) atoms. The lowest BCUT2D eigenvalue weighted by molar-refractivity contribution is -0.116. The van der Waals surface area contributed by atoms with Crippen molar-refractivity contribution in [2.75, 3.05) is 36.2 Å². The minimum atomic E-state index is -0.102. The van der Waals surface area contributed by atoms with E-state index in [9.17, 15) is 4.79 Å². The Hall–Kier alpha value is -4.11. The lowest BCUT2D eigenvalue weighted by Crippen LogP contribution is -2.37. The minimum absolute atomic E-state index is 0.102. The van der Waals surface area contributed by atoms with Crippen LogP contribution in [0, 0.1) is 6.92 Å². The molecule has 5 heterocycles. The van der Waals surface area contributed by atoms with Crippen LogP contribution in [0.2, 0.25) is 0 Å². The zero-order chi connectivity index (χ0) is 23.1. The van der Waals surface area contributed by atoms with Gasteiger partial charge in [0.15, 0.2) is 11.5 Å². The van der Waals surface area contributed by atoms with E-state index < -0.39 is 0 Å². The van der Waals surface area contributed by atoms with E-state index in [4.69, 9.17) is 14.8 Å². The van der Waals surface area contributed by atoms with Gasteiger partial charge in [0.05, 0.1) is 31.0 Å². The third kappa shape index (κ3) is 3.69. The molecule has 1 saturated heterocycles. The van der Waals surface area contributed by atoms with Crippen molar-refractivity contribution in [1.29, 1.82) is 0 Å².